The number of carbonyl (C=O) groups is 1. The van der Waals surface area contributed by atoms with Crippen LogP contribution in [0.5, 0.6) is 5.75 Å². The molecule has 1 N–H and O–H groups in total. The first-order valence-corrected chi connectivity index (χ1v) is 8.21. The summed E-state index contributed by atoms with van der Waals surface area (Å²) in [5.41, 5.74) is 0.102. The quantitative estimate of drug-likeness (QED) is 0.924. The summed E-state index contributed by atoms with van der Waals surface area (Å²) in [6.45, 7) is 3.41. The molecule has 7 heteroatoms. The minimum atomic E-state index is -0.286. The number of carbonyl (C=O) groups excluding carboxylic acids is 1. The molecule has 1 unspecified atom stereocenters. The number of pyridine rings is 1. The number of nitrogens with zero attached hydrogens (tertiary/aromatic N) is 3. The van der Waals surface area contributed by atoms with Crippen molar-refractivity contribution in [2.24, 2.45) is 0 Å². The van der Waals surface area contributed by atoms with Crippen LogP contribution in [0.25, 0.3) is 0 Å². The maximum atomic E-state index is 12.9. The van der Waals surface area contributed by atoms with Gasteiger partial charge in [-0.15, -0.1) is 0 Å². The summed E-state index contributed by atoms with van der Waals surface area (Å²) in [5, 5.41) is 0. The average molecular weight is 330 g/mol. The van der Waals surface area contributed by atoms with Gasteiger partial charge in [0.15, 0.2) is 0 Å². The van der Waals surface area contributed by atoms with E-state index >= 15 is 0 Å². The van der Waals surface area contributed by atoms with Crippen molar-refractivity contribution in [3.8, 4) is 5.75 Å². The van der Waals surface area contributed by atoms with Gasteiger partial charge in [0.2, 0.25) is 0 Å². The highest BCUT2D eigenvalue weighted by Crippen LogP contribution is 2.26. The monoisotopic (exact) mass is 330 g/mol. The van der Waals surface area contributed by atoms with Crippen LogP contribution in [-0.4, -0.2) is 45.5 Å². The van der Waals surface area contributed by atoms with Gasteiger partial charge in [0.25, 0.3) is 11.5 Å². The topological polar surface area (TPSA) is 80.2 Å². The number of aryl methyl sites for hydroxylation is 1. The average Bonchev–Trinajstić information content (AvgIpc) is 3.10. The van der Waals surface area contributed by atoms with Crippen LogP contribution in [0.1, 0.15) is 42.0 Å². The number of nitrogens with one attached hydrogen (secondary N) is 1. The molecule has 0 bridgehead atoms. The normalized spacial score (nSPS) is 17.8. The lowest BCUT2D eigenvalue weighted by molar-refractivity contribution is 0.0674. The van der Waals surface area contributed by atoms with E-state index in [4.69, 9.17) is 4.74 Å². The fourth-order valence-electron chi connectivity index (χ4n) is 3.28. The molecular formula is C17H22N4O3. The van der Waals surface area contributed by atoms with Crippen LogP contribution in [0, 0.1) is 0 Å². The number of imidazole rings is 1. The van der Waals surface area contributed by atoms with Crippen molar-refractivity contribution in [1.82, 2.24) is 19.4 Å². The van der Waals surface area contributed by atoms with Gasteiger partial charge in [-0.1, -0.05) is 6.92 Å². The van der Waals surface area contributed by atoms with Crippen molar-refractivity contribution in [3.05, 3.63) is 46.4 Å². The summed E-state index contributed by atoms with van der Waals surface area (Å²) in [7, 11) is 1.46. The van der Waals surface area contributed by atoms with Crippen molar-refractivity contribution < 1.29 is 9.53 Å². The first kappa shape index (κ1) is 16.3. The molecule has 0 spiro atoms. The number of piperidine rings is 1. The third-order valence-electron chi connectivity index (χ3n) is 4.48. The molecule has 0 aromatic carbocycles. The number of likely N-dealkylation sites (tertiary alicyclic amines) is 1. The van der Waals surface area contributed by atoms with Crippen molar-refractivity contribution >= 4 is 5.91 Å². The van der Waals surface area contributed by atoms with Crippen LogP contribution in [-0.2, 0) is 6.42 Å². The fourth-order valence-corrected chi connectivity index (χ4v) is 3.28. The van der Waals surface area contributed by atoms with E-state index in [-0.39, 0.29) is 17.5 Å². The van der Waals surface area contributed by atoms with E-state index in [1.807, 2.05) is 17.3 Å². The summed E-state index contributed by atoms with van der Waals surface area (Å²) in [6.07, 6.45) is 8.05. The van der Waals surface area contributed by atoms with E-state index in [2.05, 4.69) is 21.5 Å². The van der Waals surface area contributed by atoms with Crippen molar-refractivity contribution in [2.75, 3.05) is 20.2 Å². The highest BCUT2D eigenvalue weighted by atomic mass is 16.5. The van der Waals surface area contributed by atoms with Gasteiger partial charge in [-0.3, -0.25) is 9.59 Å². The molecule has 0 saturated carbocycles. The van der Waals surface area contributed by atoms with Gasteiger partial charge in [-0.05, 0) is 12.8 Å². The Morgan fingerprint density at radius 1 is 1.50 bits per heavy atom. The lowest BCUT2D eigenvalue weighted by atomic mass is 10.0. The number of aromatic nitrogens is 3. The van der Waals surface area contributed by atoms with Crippen LogP contribution in [0.3, 0.4) is 0 Å². The predicted molar refractivity (Wildman–Crippen MR) is 89.4 cm³/mol. The Bertz CT molecular complexity index is 780. The van der Waals surface area contributed by atoms with Crippen molar-refractivity contribution in [1.29, 1.82) is 0 Å². The van der Waals surface area contributed by atoms with E-state index in [1.165, 1.54) is 19.4 Å². The van der Waals surface area contributed by atoms with E-state index in [0.717, 1.165) is 25.1 Å². The minimum Gasteiger partial charge on any atom is -0.496 e. The Kier molecular flexibility index (Phi) is 4.69. The molecule has 0 radical (unpaired) electrons. The van der Waals surface area contributed by atoms with Crippen LogP contribution in [0.4, 0.5) is 0 Å². The Balaban J connectivity index is 1.82. The lowest BCUT2D eigenvalue weighted by Gasteiger charge is -2.34. The number of hydrogen-bond donors (Lipinski definition) is 1. The third-order valence-corrected chi connectivity index (χ3v) is 4.48. The Hall–Kier alpha value is -2.57. The molecule has 1 amide bonds. The van der Waals surface area contributed by atoms with Crippen LogP contribution < -0.4 is 10.3 Å². The Morgan fingerprint density at radius 2 is 2.33 bits per heavy atom. The molecule has 1 aliphatic heterocycles. The Labute approximate surface area is 140 Å². The lowest BCUT2D eigenvalue weighted by Crippen LogP contribution is -2.41. The van der Waals surface area contributed by atoms with Gasteiger partial charge >= 0.3 is 0 Å². The zero-order valence-electron chi connectivity index (χ0n) is 14.0. The maximum absolute atomic E-state index is 12.9. The number of hydrogen-bond acceptors (Lipinski definition) is 4. The standard InChI is InChI=1S/C17H22N4O3/c1-3-15-18-6-8-21(15)12-5-4-7-20(11-12)17(23)13-10-19-16(22)9-14(13)24-2/h6,8-10,12H,3-5,7,11H2,1-2H3,(H,19,22). The number of aromatic amines is 1. The van der Waals surface area contributed by atoms with Crippen molar-refractivity contribution in [2.45, 2.75) is 32.2 Å². The van der Waals surface area contributed by atoms with E-state index in [0.29, 0.717) is 24.4 Å². The number of rotatable bonds is 4. The second-order valence-corrected chi connectivity index (χ2v) is 5.93. The van der Waals surface area contributed by atoms with Crippen LogP contribution in [0.15, 0.2) is 29.5 Å². The number of methoxy groups -OCH3 is 1. The predicted octanol–water partition coefficient (Wildman–Crippen LogP) is 1.62. The highest BCUT2D eigenvalue weighted by molar-refractivity contribution is 5.96. The number of amides is 1. The molecular weight excluding hydrogens is 308 g/mol. The highest BCUT2D eigenvalue weighted by Gasteiger charge is 2.28. The van der Waals surface area contributed by atoms with Crippen LogP contribution >= 0.6 is 0 Å². The summed E-state index contributed by atoms with van der Waals surface area (Å²) >= 11 is 0. The third kappa shape index (κ3) is 3.06. The first-order chi connectivity index (χ1) is 11.6. The summed E-state index contributed by atoms with van der Waals surface area (Å²) in [5.74, 6) is 1.23. The molecule has 2 aromatic heterocycles. The smallest absolute Gasteiger partial charge is 0.259 e. The largest absolute Gasteiger partial charge is 0.496 e. The maximum Gasteiger partial charge on any atom is 0.259 e. The summed E-state index contributed by atoms with van der Waals surface area (Å²) in [4.78, 5) is 33.0. The van der Waals surface area contributed by atoms with Gasteiger partial charge in [-0.25, -0.2) is 4.98 Å². The fraction of sp³-hybridized carbons (Fsp3) is 0.471. The second-order valence-electron chi connectivity index (χ2n) is 5.93. The number of ether oxygens (including phenoxy) is 1. The molecule has 0 aliphatic carbocycles. The molecule has 1 fully saturated rings. The van der Waals surface area contributed by atoms with Gasteiger partial charge in [-0.2, -0.15) is 0 Å². The molecule has 1 saturated heterocycles. The van der Waals surface area contributed by atoms with E-state index in [1.54, 1.807) is 0 Å². The number of H-pyrrole nitrogens is 1. The molecule has 3 rings (SSSR count). The van der Waals surface area contributed by atoms with Gasteiger partial charge in [0.05, 0.1) is 18.7 Å². The SMILES string of the molecule is CCc1nccn1C1CCCN(C(=O)c2c[nH]c(=O)cc2OC)C1. The van der Waals surface area contributed by atoms with Crippen molar-refractivity contribution in [3.63, 3.8) is 0 Å². The molecule has 3 heterocycles. The zero-order valence-corrected chi connectivity index (χ0v) is 14.0. The molecule has 7 nitrogen and oxygen atoms in total. The first-order valence-electron chi connectivity index (χ1n) is 8.21. The second kappa shape index (κ2) is 6.90. The van der Waals surface area contributed by atoms with Gasteiger partial charge in [0.1, 0.15) is 11.6 Å². The summed E-state index contributed by atoms with van der Waals surface area (Å²) in [6, 6.07) is 1.54. The molecule has 24 heavy (non-hydrogen) atoms. The van der Waals surface area contributed by atoms with E-state index < -0.39 is 0 Å². The molecule has 128 valence electrons. The minimum absolute atomic E-state index is 0.119. The van der Waals surface area contributed by atoms with Crippen LogP contribution in [0.2, 0.25) is 0 Å². The molecule has 1 aliphatic rings. The van der Waals surface area contributed by atoms with E-state index in [9.17, 15) is 9.59 Å². The van der Waals surface area contributed by atoms with Gasteiger partial charge < -0.3 is 19.2 Å². The molecule has 2 aromatic rings. The van der Waals surface area contributed by atoms with Gasteiger partial charge in [0, 0.05) is 44.2 Å². The Morgan fingerprint density at radius 3 is 3.08 bits per heavy atom. The summed E-state index contributed by atoms with van der Waals surface area (Å²) < 4.78 is 7.36. The molecule has 1 atom stereocenters. The zero-order chi connectivity index (χ0) is 17.1.